The molecule has 1 aromatic carbocycles. The number of hydrogen-bond acceptors (Lipinski definition) is 4. The van der Waals surface area contributed by atoms with E-state index in [1.165, 1.54) is 23.2 Å². The molecule has 1 aromatic heterocycles. The van der Waals surface area contributed by atoms with Gasteiger partial charge in [0.15, 0.2) is 0 Å². The number of ether oxygens (including phenoxy) is 1. The molecule has 2 aromatic rings. The van der Waals surface area contributed by atoms with Crippen LogP contribution in [0.1, 0.15) is 5.56 Å². The van der Waals surface area contributed by atoms with Gasteiger partial charge in [0.1, 0.15) is 12.1 Å². The zero-order valence-electron chi connectivity index (χ0n) is 9.99. The summed E-state index contributed by atoms with van der Waals surface area (Å²) in [4.78, 5) is 0. The molecule has 0 bridgehead atoms. The first kappa shape index (κ1) is 13.6. The van der Waals surface area contributed by atoms with Crippen LogP contribution in [0, 0.1) is 0 Å². The molecule has 19 heavy (non-hydrogen) atoms. The van der Waals surface area contributed by atoms with Gasteiger partial charge in [0.05, 0.1) is 17.3 Å². The van der Waals surface area contributed by atoms with E-state index in [-0.39, 0.29) is 17.5 Å². The van der Waals surface area contributed by atoms with E-state index in [2.05, 4.69) is 14.9 Å². The van der Waals surface area contributed by atoms with Crippen molar-refractivity contribution in [1.82, 2.24) is 14.8 Å². The highest BCUT2D eigenvalue weighted by Crippen LogP contribution is 2.21. The minimum absolute atomic E-state index is 0.0824. The van der Waals surface area contributed by atoms with Gasteiger partial charge in [-0.3, -0.25) is 4.21 Å². The molecule has 8 heteroatoms. The average molecular weight is 287 g/mol. The Bertz CT molecular complexity index is 589. The molecule has 5 nitrogen and oxygen atoms in total. The van der Waals surface area contributed by atoms with Crippen molar-refractivity contribution in [1.29, 1.82) is 0 Å². The molecule has 0 N–H and O–H groups in total. The monoisotopic (exact) mass is 287 g/mol. The molecule has 1 heterocycles. The highest BCUT2D eigenvalue weighted by atomic mass is 32.2. The molecule has 0 saturated heterocycles. The molecule has 2 rings (SSSR count). The molecule has 0 aliphatic heterocycles. The van der Waals surface area contributed by atoms with E-state index in [0.717, 1.165) is 0 Å². The van der Waals surface area contributed by atoms with Crippen LogP contribution in [-0.2, 0) is 17.3 Å². The lowest BCUT2D eigenvalue weighted by Crippen LogP contribution is -2.09. The van der Waals surface area contributed by atoms with Crippen LogP contribution in [0.2, 0.25) is 0 Å². The summed E-state index contributed by atoms with van der Waals surface area (Å²) in [6, 6.07) is 6.42. The van der Waals surface area contributed by atoms with Crippen molar-refractivity contribution in [2.45, 2.75) is 18.3 Å². The van der Waals surface area contributed by atoms with E-state index in [1.54, 1.807) is 18.2 Å². The van der Waals surface area contributed by atoms with Gasteiger partial charge in [-0.1, -0.05) is 18.2 Å². The summed E-state index contributed by atoms with van der Waals surface area (Å²) < 4.78 is 41.9. The van der Waals surface area contributed by atoms with Gasteiger partial charge >= 0.3 is 6.61 Å². The number of alkyl halides is 2. The van der Waals surface area contributed by atoms with Crippen molar-refractivity contribution in [2.75, 3.05) is 6.26 Å². The summed E-state index contributed by atoms with van der Waals surface area (Å²) in [7, 11) is -1.30. The minimum atomic E-state index is -2.89. The predicted molar refractivity (Wildman–Crippen MR) is 64.5 cm³/mol. The standard InChI is InChI=1S/C11H11F2N3O2S/c1-19(17)11-15-14-7-16(11)6-8-4-2-3-5-9(8)18-10(12)13/h2-5,7,10H,6H2,1H3/t19-/m1/s1. The number of benzene rings is 1. The second-order valence-electron chi connectivity index (χ2n) is 3.68. The minimum Gasteiger partial charge on any atom is -0.434 e. The maximum atomic E-state index is 12.3. The fraction of sp³-hybridized carbons (Fsp3) is 0.273. The fourth-order valence-corrected chi connectivity index (χ4v) is 2.21. The maximum absolute atomic E-state index is 12.3. The van der Waals surface area contributed by atoms with Gasteiger partial charge in [-0.05, 0) is 6.07 Å². The molecule has 0 spiro atoms. The number of aromatic nitrogens is 3. The summed E-state index contributed by atoms with van der Waals surface area (Å²) in [6.07, 6.45) is 2.87. The van der Waals surface area contributed by atoms with Crippen LogP contribution in [0.5, 0.6) is 5.75 Å². The molecule has 0 aliphatic rings. The van der Waals surface area contributed by atoms with Gasteiger partial charge < -0.3 is 9.30 Å². The topological polar surface area (TPSA) is 57.0 Å². The first-order valence-corrected chi connectivity index (χ1v) is 6.87. The van der Waals surface area contributed by atoms with E-state index < -0.39 is 17.4 Å². The molecular formula is C11H11F2N3O2S. The molecule has 0 unspecified atom stereocenters. The van der Waals surface area contributed by atoms with Gasteiger partial charge in [-0.25, -0.2) is 0 Å². The largest absolute Gasteiger partial charge is 0.434 e. The van der Waals surface area contributed by atoms with Crippen LogP contribution >= 0.6 is 0 Å². The lowest BCUT2D eigenvalue weighted by molar-refractivity contribution is -0.0505. The quantitative estimate of drug-likeness (QED) is 0.839. The van der Waals surface area contributed by atoms with Crippen LogP contribution in [0.15, 0.2) is 35.7 Å². The molecule has 0 saturated carbocycles. The first-order chi connectivity index (χ1) is 9.08. The Hall–Kier alpha value is -1.83. The SMILES string of the molecule is C[S@@](=O)c1nncn1Cc1ccccc1OC(F)F. The Morgan fingerprint density at radius 1 is 1.42 bits per heavy atom. The van der Waals surface area contributed by atoms with E-state index in [9.17, 15) is 13.0 Å². The van der Waals surface area contributed by atoms with E-state index >= 15 is 0 Å². The molecular weight excluding hydrogens is 276 g/mol. The van der Waals surface area contributed by atoms with E-state index in [1.807, 2.05) is 0 Å². The third kappa shape index (κ3) is 3.34. The normalized spacial score (nSPS) is 12.6. The number of para-hydroxylation sites is 1. The van der Waals surface area contributed by atoms with Crippen molar-refractivity contribution in [3.8, 4) is 5.75 Å². The van der Waals surface area contributed by atoms with Crippen molar-refractivity contribution in [3.05, 3.63) is 36.2 Å². The Kier molecular flexibility index (Phi) is 4.20. The van der Waals surface area contributed by atoms with Gasteiger partial charge in [-0.15, -0.1) is 10.2 Å². The second-order valence-corrected chi connectivity index (χ2v) is 4.96. The van der Waals surface area contributed by atoms with Crippen molar-refractivity contribution in [2.24, 2.45) is 0 Å². The number of halogens is 2. The third-order valence-electron chi connectivity index (χ3n) is 2.37. The number of rotatable bonds is 5. The second kappa shape index (κ2) is 5.87. The van der Waals surface area contributed by atoms with Crippen LogP contribution in [0.3, 0.4) is 0 Å². The van der Waals surface area contributed by atoms with Crippen molar-refractivity contribution in [3.63, 3.8) is 0 Å². The number of hydrogen-bond donors (Lipinski definition) is 0. The average Bonchev–Trinajstić information content (AvgIpc) is 2.79. The maximum Gasteiger partial charge on any atom is 0.387 e. The zero-order chi connectivity index (χ0) is 13.8. The lowest BCUT2D eigenvalue weighted by Gasteiger charge is -2.11. The highest BCUT2D eigenvalue weighted by Gasteiger charge is 2.13. The van der Waals surface area contributed by atoms with E-state index in [4.69, 9.17) is 0 Å². The van der Waals surface area contributed by atoms with Gasteiger partial charge in [0, 0.05) is 11.8 Å². The van der Waals surface area contributed by atoms with Crippen LogP contribution in [0.4, 0.5) is 8.78 Å². The molecule has 1 atom stereocenters. The summed E-state index contributed by atoms with van der Waals surface area (Å²) in [6.45, 7) is -2.67. The Labute approximate surface area is 110 Å². The Morgan fingerprint density at radius 2 is 2.16 bits per heavy atom. The van der Waals surface area contributed by atoms with Crippen LogP contribution in [-0.4, -0.2) is 31.8 Å². The summed E-state index contributed by atoms with van der Waals surface area (Å²) in [5.74, 6) is 0.0824. The smallest absolute Gasteiger partial charge is 0.387 e. The van der Waals surface area contributed by atoms with Crippen molar-refractivity contribution < 1.29 is 17.7 Å². The van der Waals surface area contributed by atoms with Crippen molar-refractivity contribution >= 4 is 10.8 Å². The summed E-state index contributed by atoms with van der Waals surface area (Å²) >= 11 is 0. The fourth-order valence-electron chi connectivity index (χ4n) is 1.60. The van der Waals surface area contributed by atoms with Gasteiger partial charge in [0.25, 0.3) is 0 Å². The molecule has 0 amide bonds. The lowest BCUT2D eigenvalue weighted by atomic mass is 10.2. The third-order valence-corrected chi connectivity index (χ3v) is 3.20. The first-order valence-electron chi connectivity index (χ1n) is 5.32. The summed E-state index contributed by atoms with van der Waals surface area (Å²) in [5, 5.41) is 7.67. The highest BCUT2D eigenvalue weighted by molar-refractivity contribution is 7.84. The molecule has 0 fully saturated rings. The van der Waals surface area contributed by atoms with Crippen LogP contribution < -0.4 is 4.74 Å². The predicted octanol–water partition coefficient (Wildman–Crippen LogP) is 1.67. The number of nitrogens with zero attached hydrogens (tertiary/aromatic N) is 3. The Morgan fingerprint density at radius 3 is 2.84 bits per heavy atom. The summed E-state index contributed by atoms with van der Waals surface area (Å²) in [5.41, 5.74) is 0.536. The molecule has 0 radical (unpaired) electrons. The zero-order valence-corrected chi connectivity index (χ0v) is 10.8. The molecule has 102 valence electrons. The van der Waals surface area contributed by atoms with Crippen LogP contribution in [0.25, 0.3) is 0 Å². The van der Waals surface area contributed by atoms with E-state index in [0.29, 0.717) is 5.56 Å². The Balaban J connectivity index is 2.28. The van der Waals surface area contributed by atoms with Gasteiger partial charge in [-0.2, -0.15) is 8.78 Å². The molecule has 0 aliphatic carbocycles. The van der Waals surface area contributed by atoms with Gasteiger partial charge in [0.2, 0.25) is 5.16 Å².